The van der Waals surface area contributed by atoms with Crippen LogP contribution in [-0.4, -0.2) is 5.11 Å². The van der Waals surface area contributed by atoms with Crippen molar-refractivity contribution in [2.45, 2.75) is 6.61 Å². The van der Waals surface area contributed by atoms with E-state index in [1.807, 2.05) is 30.3 Å². The summed E-state index contributed by atoms with van der Waals surface area (Å²) in [5, 5.41) is 9.77. The lowest BCUT2D eigenvalue weighted by Gasteiger charge is -2.09. The summed E-state index contributed by atoms with van der Waals surface area (Å²) in [6, 6.07) is 14.6. The summed E-state index contributed by atoms with van der Waals surface area (Å²) in [5.41, 5.74) is 0.677. The fourth-order valence-corrected chi connectivity index (χ4v) is 1.58. The van der Waals surface area contributed by atoms with Crippen LogP contribution in [0.2, 0.25) is 5.02 Å². The molecule has 0 heterocycles. The maximum absolute atomic E-state index is 9.18. The Kier molecular flexibility index (Phi) is 3.44. The Morgan fingerprint density at radius 2 is 1.81 bits per heavy atom. The fourth-order valence-electron chi connectivity index (χ4n) is 1.39. The van der Waals surface area contributed by atoms with Crippen LogP contribution >= 0.6 is 11.6 Å². The largest absolute Gasteiger partial charge is 0.457 e. The number of halogens is 1. The topological polar surface area (TPSA) is 29.5 Å². The van der Waals surface area contributed by atoms with Crippen LogP contribution < -0.4 is 4.74 Å². The maximum atomic E-state index is 9.18. The highest BCUT2D eigenvalue weighted by atomic mass is 35.5. The van der Waals surface area contributed by atoms with Crippen LogP contribution in [0.4, 0.5) is 0 Å². The van der Waals surface area contributed by atoms with Crippen molar-refractivity contribution in [3.05, 3.63) is 59.1 Å². The van der Waals surface area contributed by atoms with Gasteiger partial charge in [0.25, 0.3) is 0 Å². The van der Waals surface area contributed by atoms with E-state index < -0.39 is 0 Å². The zero-order valence-corrected chi connectivity index (χ0v) is 9.32. The Hall–Kier alpha value is -1.51. The standard InChI is InChI=1S/C13H11ClO2/c14-11-6-7-13(10(8-11)9-15)16-12-4-2-1-3-5-12/h1-8,15H,9H2. The third kappa shape index (κ3) is 2.54. The first-order valence-corrected chi connectivity index (χ1v) is 5.29. The van der Waals surface area contributed by atoms with Crippen LogP contribution in [0.15, 0.2) is 48.5 Å². The second kappa shape index (κ2) is 5.01. The minimum absolute atomic E-state index is 0.0945. The molecule has 0 unspecified atom stereocenters. The molecule has 0 radical (unpaired) electrons. The van der Waals surface area contributed by atoms with Crippen LogP contribution in [0.1, 0.15) is 5.56 Å². The number of rotatable bonds is 3. The second-order valence-corrected chi connectivity index (χ2v) is 3.76. The number of hydrogen-bond acceptors (Lipinski definition) is 2. The molecule has 2 aromatic rings. The van der Waals surface area contributed by atoms with Crippen LogP contribution in [-0.2, 0) is 6.61 Å². The van der Waals surface area contributed by atoms with Crippen molar-refractivity contribution in [1.29, 1.82) is 0 Å². The summed E-state index contributed by atoms with van der Waals surface area (Å²) >= 11 is 5.83. The molecular weight excluding hydrogens is 224 g/mol. The Morgan fingerprint density at radius 1 is 1.06 bits per heavy atom. The van der Waals surface area contributed by atoms with E-state index in [2.05, 4.69) is 0 Å². The number of benzene rings is 2. The van der Waals surface area contributed by atoms with Gasteiger partial charge in [-0.25, -0.2) is 0 Å². The summed E-state index contributed by atoms with van der Waals surface area (Å²) in [6.07, 6.45) is 0. The maximum Gasteiger partial charge on any atom is 0.133 e. The quantitative estimate of drug-likeness (QED) is 0.879. The SMILES string of the molecule is OCc1cc(Cl)ccc1Oc1ccccc1. The minimum atomic E-state index is -0.0945. The van der Waals surface area contributed by atoms with Gasteiger partial charge in [0.15, 0.2) is 0 Å². The highest BCUT2D eigenvalue weighted by Crippen LogP contribution is 2.27. The summed E-state index contributed by atoms with van der Waals surface area (Å²) in [6.45, 7) is -0.0945. The van der Waals surface area contributed by atoms with Crippen molar-refractivity contribution < 1.29 is 9.84 Å². The van der Waals surface area contributed by atoms with Crippen molar-refractivity contribution in [1.82, 2.24) is 0 Å². The Labute approximate surface area is 99.1 Å². The molecule has 0 saturated heterocycles. The summed E-state index contributed by atoms with van der Waals surface area (Å²) < 4.78 is 5.64. The van der Waals surface area contributed by atoms with E-state index in [0.29, 0.717) is 16.3 Å². The highest BCUT2D eigenvalue weighted by molar-refractivity contribution is 6.30. The molecule has 0 atom stereocenters. The predicted octanol–water partition coefficient (Wildman–Crippen LogP) is 3.62. The van der Waals surface area contributed by atoms with Gasteiger partial charge in [0, 0.05) is 10.6 Å². The second-order valence-electron chi connectivity index (χ2n) is 3.33. The average Bonchev–Trinajstić information content (AvgIpc) is 2.33. The molecule has 2 nitrogen and oxygen atoms in total. The first kappa shape index (κ1) is 11.0. The van der Waals surface area contributed by atoms with E-state index in [0.717, 1.165) is 5.75 Å². The summed E-state index contributed by atoms with van der Waals surface area (Å²) in [7, 11) is 0. The molecule has 0 aliphatic carbocycles. The van der Waals surface area contributed by atoms with E-state index in [1.54, 1.807) is 18.2 Å². The first-order chi connectivity index (χ1) is 7.79. The molecule has 2 rings (SSSR count). The number of hydrogen-bond donors (Lipinski definition) is 1. The lowest BCUT2D eigenvalue weighted by Crippen LogP contribution is -1.91. The average molecular weight is 235 g/mol. The monoisotopic (exact) mass is 234 g/mol. The van der Waals surface area contributed by atoms with E-state index in [9.17, 15) is 5.11 Å². The van der Waals surface area contributed by atoms with Gasteiger partial charge in [-0.1, -0.05) is 29.8 Å². The Balaban J connectivity index is 2.28. The normalized spacial score (nSPS) is 10.1. The molecule has 3 heteroatoms. The lowest BCUT2D eigenvalue weighted by molar-refractivity contribution is 0.276. The number of aliphatic hydroxyl groups excluding tert-OH is 1. The van der Waals surface area contributed by atoms with Crippen molar-refractivity contribution >= 4 is 11.6 Å². The number of ether oxygens (including phenoxy) is 1. The van der Waals surface area contributed by atoms with Crippen molar-refractivity contribution in [2.75, 3.05) is 0 Å². The van der Waals surface area contributed by atoms with Crippen LogP contribution in [0.3, 0.4) is 0 Å². The zero-order chi connectivity index (χ0) is 11.4. The molecular formula is C13H11ClO2. The smallest absolute Gasteiger partial charge is 0.133 e. The lowest BCUT2D eigenvalue weighted by atomic mass is 10.2. The molecule has 0 spiro atoms. The van der Waals surface area contributed by atoms with Gasteiger partial charge in [-0.2, -0.15) is 0 Å². The molecule has 0 fully saturated rings. The summed E-state index contributed by atoms with van der Waals surface area (Å²) in [5.74, 6) is 1.36. The molecule has 0 aliphatic rings. The fraction of sp³-hybridized carbons (Fsp3) is 0.0769. The summed E-state index contributed by atoms with van der Waals surface area (Å²) in [4.78, 5) is 0. The van der Waals surface area contributed by atoms with Crippen LogP contribution in [0.25, 0.3) is 0 Å². The van der Waals surface area contributed by atoms with E-state index >= 15 is 0 Å². The van der Waals surface area contributed by atoms with Gasteiger partial charge in [0.1, 0.15) is 11.5 Å². The highest BCUT2D eigenvalue weighted by Gasteiger charge is 2.04. The van der Waals surface area contributed by atoms with E-state index in [4.69, 9.17) is 16.3 Å². The third-order valence-corrected chi connectivity index (χ3v) is 2.40. The minimum Gasteiger partial charge on any atom is -0.457 e. The molecule has 82 valence electrons. The van der Waals surface area contributed by atoms with Gasteiger partial charge in [-0.15, -0.1) is 0 Å². The van der Waals surface area contributed by atoms with Crippen LogP contribution in [0.5, 0.6) is 11.5 Å². The predicted molar refractivity (Wildman–Crippen MR) is 63.9 cm³/mol. The molecule has 0 aliphatic heterocycles. The Bertz CT molecular complexity index is 469. The molecule has 1 N–H and O–H groups in total. The number of para-hydroxylation sites is 1. The van der Waals surface area contributed by atoms with Gasteiger partial charge in [0.05, 0.1) is 6.61 Å². The van der Waals surface area contributed by atoms with Gasteiger partial charge in [0.2, 0.25) is 0 Å². The molecule has 0 saturated carbocycles. The zero-order valence-electron chi connectivity index (χ0n) is 8.56. The van der Waals surface area contributed by atoms with Crippen molar-refractivity contribution in [2.24, 2.45) is 0 Å². The van der Waals surface area contributed by atoms with Gasteiger partial charge in [-0.3, -0.25) is 0 Å². The van der Waals surface area contributed by atoms with E-state index in [-0.39, 0.29) is 6.61 Å². The van der Waals surface area contributed by atoms with E-state index in [1.165, 1.54) is 0 Å². The first-order valence-electron chi connectivity index (χ1n) is 4.92. The van der Waals surface area contributed by atoms with Gasteiger partial charge in [-0.05, 0) is 30.3 Å². The molecule has 0 aromatic heterocycles. The van der Waals surface area contributed by atoms with Crippen LogP contribution in [0, 0.1) is 0 Å². The van der Waals surface area contributed by atoms with Gasteiger partial charge < -0.3 is 9.84 Å². The number of aliphatic hydroxyl groups is 1. The van der Waals surface area contributed by atoms with Crippen molar-refractivity contribution in [3.8, 4) is 11.5 Å². The molecule has 0 bridgehead atoms. The third-order valence-electron chi connectivity index (χ3n) is 2.16. The Morgan fingerprint density at radius 3 is 2.50 bits per heavy atom. The molecule has 16 heavy (non-hydrogen) atoms. The molecule has 2 aromatic carbocycles. The van der Waals surface area contributed by atoms with Gasteiger partial charge >= 0.3 is 0 Å². The van der Waals surface area contributed by atoms with Crippen molar-refractivity contribution in [3.63, 3.8) is 0 Å². The molecule has 0 amide bonds.